The van der Waals surface area contributed by atoms with Gasteiger partial charge < -0.3 is 4.18 Å². The molecule has 0 radical (unpaired) electrons. The van der Waals surface area contributed by atoms with Crippen molar-refractivity contribution in [1.29, 1.82) is 0 Å². The highest BCUT2D eigenvalue weighted by molar-refractivity contribution is 7.89. The zero-order valence-corrected chi connectivity index (χ0v) is 16.0. The lowest BCUT2D eigenvalue weighted by atomic mass is 10.2. The first-order chi connectivity index (χ1) is 12.3. The number of nitrogens with zero attached hydrogens (tertiary/aromatic N) is 1. The van der Waals surface area contributed by atoms with Gasteiger partial charge in [0.2, 0.25) is 10.0 Å². The van der Waals surface area contributed by atoms with Crippen LogP contribution in [-0.2, 0) is 26.7 Å². The number of benzene rings is 2. The molecule has 0 aliphatic heterocycles. The number of hydrogen-bond donors (Lipinski definition) is 0. The van der Waals surface area contributed by atoms with Crippen LogP contribution in [0.1, 0.15) is 25.3 Å². The highest BCUT2D eigenvalue weighted by Gasteiger charge is 2.37. The van der Waals surface area contributed by atoms with Crippen LogP contribution in [0.2, 0.25) is 0 Å². The van der Waals surface area contributed by atoms with Crippen LogP contribution in [0.5, 0.6) is 5.75 Å². The third-order valence-electron chi connectivity index (χ3n) is 4.14. The van der Waals surface area contributed by atoms with E-state index in [4.69, 9.17) is 4.18 Å². The summed E-state index contributed by atoms with van der Waals surface area (Å²) in [5.41, 5.74) is 0.776. The molecule has 0 bridgehead atoms. The summed E-state index contributed by atoms with van der Waals surface area (Å²) in [5.74, 6) is 0.110. The normalized spacial score (nSPS) is 15.2. The van der Waals surface area contributed by atoms with E-state index in [0.717, 1.165) is 18.4 Å². The van der Waals surface area contributed by atoms with Crippen LogP contribution >= 0.6 is 0 Å². The van der Waals surface area contributed by atoms with Gasteiger partial charge in [-0.25, -0.2) is 8.42 Å². The van der Waals surface area contributed by atoms with E-state index in [0.29, 0.717) is 0 Å². The Hall–Kier alpha value is -1.90. The van der Waals surface area contributed by atoms with Gasteiger partial charge in [0, 0.05) is 12.6 Å². The van der Waals surface area contributed by atoms with Crippen molar-refractivity contribution in [3.05, 3.63) is 60.2 Å². The molecule has 0 unspecified atom stereocenters. The standard InChI is InChI=1S/C18H21NO5S2/c1-2-25(20,21)24-17-12-8-15(9-13-17)14-19(16-10-11-16)26(22,23)18-6-4-3-5-7-18/h3-9,12-13,16H,2,10-11,14H2,1H3. The maximum atomic E-state index is 12.9. The van der Waals surface area contributed by atoms with Crippen molar-refractivity contribution in [2.24, 2.45) is 0 Å². The quantitative estimate of drug-likeness (QED) is 0.642. The Morgan fingerprint density at radius 3 is 2.12 bits per heavy atom. The minimum Gasteiger partial charge on any atom is -0.382 e. The summed E-state index contributed by atoms with van der Waals surface area (Å²) in [5, 5.41) is 0. The van der Waals surface area contributed by atoms with E-state index < -0.39 is 20.1 Å². The highest BCUT2D eigenvalue weighted by atomic mass is 32.2. The lowest BCUT2D eigenvalue weighted by molar-refractivity contribution is 0.398. The van der Waals surface area contributed by atoms with Crippen molar-refractivity contribution in [1.82, 2.24) is 4.31 Å². The summed E-state index contributed by atoms with van der Waals surface area (Å²) in [6, 6.07) is 14.9. The first kappa shape index (κ1) is 18.9. The molecule has 1 aliphatic rings. The first-order valence-electron chi connectivity index (χ1n) is 8.40. The monoisotopic (exact) mass is 395 g/mol. The van der Waals surface area contributed by atoms with Crippen LogP contribution in [-0.4, -0.2) is 32.9 Å². The molecule has 0 atom stereocenters. The molecule has 6 nitrogen and oxygen atoms in total. The van der Waals surface area contributed by atoms with Gasteiger partial charge in [0.15, 0.2) is 0 Å². The molecule has 1 saturated carbocycles. The average molecular weight is 396 g/mol. The van der Waals surface area contributed by atoms with Crippen molar-refractivity contribution in [2.75, 3.05) is 5.75 Å². The van der Waals surface area contributed by atoms with E-state index in [-0.39, 0.29) is 29.0 Å². The largest absolute Gasteiger partial charge is 0.382 e. The van der Waals surface area contributed by atoms with Crippen LogP contribution in [0.3, 0.4) is 0 Å². The molecular weight excluding hydrogens is 374 g/mol. The molecular formula is C18H21NO5S2. The van der Waals surface area contributed by atoms with Gasteiger partial charge in [0.25, 0.3) is 0 Å². The summed E-state index contributed by atoms with van der Waals surface area (Å²) in [4.78, 5) is 0.279. The van der Waals surface area contributed by atoms with Crippen LogP contribution in [0.15, 0.2) is 59.5 Å². The van der Waals surface area contributed by atoms with Gasteiger partial charge in [0.1, 0.15) is 5.75 Å². The molecule has 0 aromatic heterocycles. The van der Waals surface area contributed by atoms with Gasteiger partial charge in [-0.1, -0.05) is 30.3 Å². The molecule has 26 heavy (non-hydrogen) atoms. The third-order valence-corrected chi connectivity index (χ3v) is 7.21. The van der Waals surface area contributed by atoms with Gasteiger partial charge in [0.05, 0.1) is 10.6 Å². The molecule has 0 amide bonds. The molecule has 2 aromatic carbocycles. The lowest BCUT2D eigenvalue weighted by Gasteiger charge is -2.22. The maximum absolute atomic E-state index is 12.9. The zero-order chi connectivity index (χ0) is 18.8. The zero-order valence-electron chi connectivity index (χ0n) is 14.4. The predicted octanol–water partition coefficient (Wildman–Crippen LogP) is 2.77. The van der Waals surface area contributed by atoms with E-state index in [1.54, 1.807) is 54.6 Å². The van der Waals surface area contributed by atoms with Crippen molar-refractivity contribution in [2.45, 2.75) is 37.2 Å². The molecule has 3 rings (SSSR count). The first-order valence-corrected chi connectivity index (χ1v) is 11.4. The Kier molecular flexibility index (Phi) is 5.36. The number of sulfonamides is 1. The summed E-state index contributed by atoms with van der Waals surface area (Å²) < 4.78 is 55.3. The summed E-state index contributed by atoms with van der Waals surface area (Å²) in [6.07, 6.45) is 1.70. The van der Waals surface area contributed by atoms with E-state index >= 15 is 0 Å². The fraction of sp³-hybridized carbons (Fsp3) is 0.333. The molecule has 0 saturated heterocycles. The molecule has 1 aliphatic carbocycles. The number of hydrogen-bond acceptors (Lipinski definition) is 5. The van der Waals surface area contributed by atoms with Crippen molar-refractivity contribution in [3.63, 3.8) is 0 Å². The minimum absolute atomic E-state index is 0.0107. The Labute approximate surface area is 154 Å². The van der Waals surface area contributed by atoms with Crippen LogP contribution in [0.4, 0.5) is 0 Å². The van der Waals surface area contributed by atoms with Crippen LogP contribution < -0.4 is 4.18 Å². The second-order valence-electron chi connectivity index (χ2n) is 6.17. The summed E-state index contributed by atoms with van der Waals surface area (Å²) >= 11 is 0. The highest BCUT2D eigenvalue weighted by Crippen LogP contribution is 2.33. The smallest absolute Gasteiger partial charge is 0.308 e. The molecule has 2 aromatic rings. The molecule has 8 heteroatoms. The van der Waals surface area contributed by atoms with E-state index in [1.807, 2.05) is 0 Å². The second kappa shape index (κ2) is 7.38. The van der Waals surface area contributed by atoms with Crippen LogP contribution in [0, 0.1) is 0 Å². The summed E-state index contributed by atoms with van der Waals surface area (Å²) in [7, 11) is -7.15. The summed E-state index contributed by atoms with van der Waals surface area (Å²) in [6.45, 7) is 1.74. The van der Waals surface area contributed by atoms with Gasteiger partial charge in [-0.15, -0.1) is 0 Å². The maximum Gasteiger partial charge on any atom is 0.308 e. The minimum atomic E-state index is -3.58. The Bertz CT molecular complexity index is 950. The molecule has 0 N–H and O–H groups in total. The van der Waals surface area contributed by atoms with Crippen molar-refractivity contribution in [3.8, 4) is 5.75 Å². The molecule has 1 fully saturated rings. The molecule has 140 valence electrons. The predicted molar refractivity (Wildman–Crippen MR) is 98.7 cm³/mol. The topological polar surface area (TPSA) is 80.8 Å². The second-order valence-corrected chi connectivity index (χ2v) is 9.92. The van der Waals surface area contributed by atoms with Gasteiger partial charge in [-0.05, 0) is 49.6 Å². The number of rotatable bonds is 8. The Morgan fingerprint density at radius 1 is 0.962 bits per heavy atom. The average Bonchev–Trinajstić information content (AvgIpc) is 3.46. The van der Waals surface area contributed by atoms with Crippen molar-refractivity contribution >= 4 is 20.1 Å². The van der Waals surface area contributed by atoms with E-state index in [9.17, 15) is 16.8 Å². The van der Waals surface area contributed by atoms with E-state index in [1.165, 1.54) is 11.2 Å². The van der Waals surface area contributed by atoms with Gasteiger partial charge in [-0.3, -0.25) is 0 Å². The third kappa shape index (κ3) is 4.44. The molecule has 0 spiro atoms. The van der Waals surface area contributed by atoms with Crippen LogP contribution in [0.25, 0.3) is 0 Å². The van der Waals surface area contributed by atoms with Gasteiger partial charge >= 0.3 is 10.1 Å². The Morgan fingerprint density at radius 2 is 1.58 bits per heavy atom. The fourth-order valence-corrected chi connectivity index (χ4v) is 4.75. The van der Waals surface area contributed by atoms with E-state index in [2.05, 4.69) is 0 Å². The lowest BCUT2D eigenvalue weighted by Crippen LogP contribution is -2.32. The SMILES string of the molecule is CCS(=O)(=O)Oc1ccc(CN(C2CC2)S(=O)(=O)c2ccccc2)cc1. The van der Waals surface area contributed by atoms with Crippen molar-refractivity contribution < 1.29 is 21.0 Å². The van der Waals surface area contributed by atoms with Gasteiger partial charge in [-0.2, -0.15) is 12.7 Å². The molecule has 0 heterocycles. The fourth-order valence-electron chi connectivity index (χ4n) is 2.54. The Balaban J connectivity index is 1.79.